The summed E-state index contributed by atoms with van der Waals surface area (Å²) in [5.41, 5.74) is 2.11. The summed E-state index contributed by atoms with van der Waals surface area (Å²) in [4.78, 5) is 11.2. The molecule has 16 heavy (non-hydrogen) atoms. The summed E-state index contributed by atoms with van der Waals surface area (Å²) in [6, 6.07) is 5.90. The largest absolute Gasteiger partial charge is 0.481 e. The number of carbonyl (C=O) groups is 1. The van der Waals surface area contributed by atoms with Crippen LogP contribution in [-0.2, 0) is 4.79 Å². The van der Waals surface area contributed by atoms with E-state index in [0.717, 1.165) is 16.9 Å². The Morgan fingerprint density at radius 2 is 1.94 bits per heavy atom. The Balaban J connectivity index is 2.93. The summed E-state index contributed by atoms with van der Waals surface area (Å²) < 4.78 is 5.67. The monoisotopic (exact) mass is 240 g/mol. The third kappa shape index (κ3) is 3.24. The van der Waals surface area contributed by atoms with E-state index in [9.17, 15) is 4.79 Å². The van der Waals surface area contributed by atoms with E-state index in [1.807, 2.05) is 45.9 Å². The molecule has 3 heteroatoms. The van der Waals surface area contributed by atoms with E-state index in [-0.39, 0.29) is 5.92 Å². The van der Waals surface area contributed by atoms with Gasteiger partial charge in [0.1, 0.15) is 5.75 Å². The molecule has 0 radical (unpaired) electrons. The highest BCUT2D eigenvalue weighted by Crippen LogP contribution is 2.23. The highest BCUT2D eigenvalue weighted by Gasteiger charge is 2.22. The molecular weight excluding hydrogens is 224 g/mol. The molecule has 1 aromatic rings. The summed E-state index contributed by atoms with van der Waals surface area (Å²) in [7, 11) is 0. The quantitative estimate of drug-likeness (QED) is 0.754. The second-order valence-electron chi connectivity index (χ2n) is 4.36. The van der Waals surface area contributed by atoms with Crippen molar-refractivity contribution in [1.29, 1.82) is 0 Å². The second-order valence-corrected chi connectivity index (χ2v) is 4.73. The first-order chi connectivity index (χ1) is 7.41. The van der Waals surface area contributed by atoms with E-state index in [4.69, 9.17) is 16.3 Å². The third-order valence-electron chi connectivity index (χ3n) is 2.43. The van der Waals surface area contributed by atoms with Crippen LogP contribution in [0.1, 0.15) is 25.0 Å². The van der Waals surface area contributed by atoms with Crippen LogP contribution < -0.4 is 4.74 Å². The molecule has 1 atom stereocenters. The van der Waals surface area contributed by atoms with Crippen molar-refractivity contribution >= 4 is 16.8 Å². The van der Waals surface area contributed by atoms with E-state index < -0.39 is 11.3 Å². The SMILES string of the molecule is Cc1ccc(C)c(OC(C(=O)Cl)C(C)C)c1. The lowest BCUT2D eigenvalue weighted by Gasteiger charge is -2.20. The molecule has 0 amide bonds. The Kier molecular flexibility index (Phi) is 4.36. The van der Waals surface area contributed by atoms with Gasteiger partial charge < -0.3 is 4.74 Å². The lowest BCUT2D eigenvalue weighted by Crippen LogP contribution is -2.29. The number of hydrogen-bond acceptors (Lipinski definition) is 2. The molecule has 1 rings (SSSR count). The fraction of sp³-hybridized carbons (Fsp3) is 0.462. The number of aryl methyl sites for hydroxylation is 2. The number of benzene rings is 1. The molecule has 1 unspecified atom stereocenters. The van der Waals surface area contributed by atoms with Crippen molar-refractivity contribution in [3.63, 3.8) is 0 Å². The van der Waals surface area contributed by atoms with Crippen LogP contribution in [0.5, 0.6) is 5.75 Å². The summed E-state index contributed by atoms with van der Waals surface area (Å²) in [5.74, 6) is 0.789. The first-order valence-electron chi connectivity index (χ1n) is 5.35. The normalized spacial score (nSPS) is 12.6. The van der Waals surface area contributed by atoms with E-state index >= 15 is 0 Å². The van der Waals surface area contributed by atoms with Crippen LogP contribution in [0.15, 0.2) is 18.2 Å². The van der Waals surface area contributed by atoms with E-state index in [0.29, 0.717) is 0 Å². The number of ether oxygens (including phenoxy) is 1. The van der Waals surface area contributed by atoms with Crippen LogP contribution in [0.2, 0.25) is 0 Å². The highest BCUT2D eigenvalue weighted by atomic mass is 35.5. The van der Waals surface area contributed by atoms with Gasteiger partial charge in [-0.05, 0) is 48.6 Å². The minimum absolute atomic E-state index is 0.0601. The van der Waals surface area contributed by atoms with Gasteiger partial charge in [0.2, 0.25) is 0 Å². The lowest BCUT2D eigenvalue weighted by atomic mass is 10.1. The first kappa shape index (κ1) is 13.0. The fourth-order valence-corrected chi connectivity index (χ4v) is 1.71. The predicted molar refractivity (Wildman–Crippen MR) is 66.0 cm³/mol. The van der Waals surface area contributed by atoms with Crippen LogP contribution in [0, 0.1) is 19.8 Å². The van der Waals surface area contributed by atoms with Gasteiger partial charge in [-0.25, -0.2) is 0 Å². The molecule has 0 aliphatic carbocycles. The minimum atomic E-state index is -0.581. The zero-order valence-electron chi connectivity index (χ0n) is 10.1. The van der Waals surface area contributed by atoms with E-state index in [1.165, 1.54) is 0 Å². The van der Waals surface area contributed by atoms with Crippen LogP contribution in [0.25, 0.3) is 0 Å². The van der Waals surface area contributed by atoms with Crippen molar-refractivity contribution in [2.75, 3.05) is 0 Å². The number of carbonyl (C=O) groups excluding carboxylic acids is 1. The Morgan fingerprint density at radius 1 is 1.31 bits per heavy atom. The molecular formula is C13H17ClO2. The molecule has 0 saturated heterocycles. The lowest BCUT2D eigenvalue weighted by molar-refractivity contribution is -0.119. The molecule has 0 aliphatic rings. The first-order valence-corrected chi connectivity index (χ1v) is 5.73. The van der Waals surface area contributed by atoms with E-state index in [2.05, 4.69) is 0 Å². The average Bonchev–Trinajstić information content (AvgIpc) is 2.18. The van der Waals surface area contributed by atoms with Gasteiger partial charge in [-0.15, -0.1) is 0 Å². The number of halogens is 1. The van der Waals surface area contributed by atoms with Crippen molar-refractivity contribution in [1.82, 2.24) is 0 Å². The number of hydrogen-bond donors (Lipinski definition) is 0. The van der Waals surface area contributed by atoms with Crippen LogP contribution in [-0.4, -0.2) is 11.3 Å². The zero-order valence-corrected chi connectivity index (χ0v) is 10.8. The fourth-order valence-electron chi connectivity index (χ4n) is 1.42. The minimum Gasteiger partial charge on any atom is -0.481 e. The van der Waals surface area contributed by atoms with Crippen LogP contribution in [0.4, 0.5) is 0 Å². The van der Waals surface area contributed by atoms with Gasteiger partial charge in [-0.3, -0.25) is 4.79 Å². The molecule has 0 heterocycles. The standard InChI is InChI=1S/C13H17ClO2/c1-8(2)12(13(14)15)16-11-7-9(3)5-6-10(11)4/h5-8,12H,1-4H3. The molecule has 0 spiro atoms. The van der Waals surface area contributed by atoms with Crippen molar-refractivity contribution in [3.8, 4) is 5.75 Å². The van der Waals surface area contributed by atoms with Gasteiger partial charge in [0, 0.05) is 0 Å². The highest BCUT2D eigenvalue weighted by molar-refractivity contribution is 6.64. The third-order valence-corrected chi connectivity index (χ3v) is 2.64. The molecule has 0 aromatic heterocycles. The Bertz CT molecular complexity index is 386. The Hall–Kier alpha value is -1.02. The Labute approximate surface area is 102 Å². The van der Waals surface area contributed by atoms with Gasteiger partial charge in [0.15, 0.2) is 6.10 Å². The van der Waals surface area contributed by atoms with Crippen LogP contribution >= 0.6 is 11.6 Å². The summed E-state index contributed by atoms with van der Waals surface area (Å²) in [5, 5.41) is -0.448. The zero-order chi connectivity index (χ0) is 12.3. The number of rotatable bonds is 4. The Morgan fingerprint density at radius 3 is 2.44 bits per heavy atom. The summed E-state index contributed by atoms with van der Waals surface area (Å²) >= 11 is 5.52. The van der Waals surface area contributed by atoms with Crippen molar-refractivity contribution in [2.24, 2.45) is 5.92 Å². The van der Waals surface area contributed by atoms with Crippen molar-refractivity contribution < 1.29 is 9.53 Å². The predicted octanol–water partition coefficient (Wildman–Crippen LogP) is 3.47. The molecule has 88 valence electrons. The molecule has 0 saturated carbocycles. The van der Waals surface area contributed by atoms with Gasteiger partial charge in [0.25, 0.3) is 5.24 Å². The molecule has 0 bridgehead atoms. The van der Waals surface area contributed by atoms with Crippen LogP contribution in [0.3, 0.4) is 0 Å². The van der Waals surface area contributed by atoms with Crippen molar-refractivity contribution in [3.05, 3.63) is 29.3 Å². The maximum Gasteiger partial charge on any atom is 0.262 e. The summed E-state index contributed by atoms with van der Waals surface area (Å²) in [6.45, 7) is 7.76. The molecule has 1 aromatic carbocycles. The van der Waals surface area contributed by atoms with Gasteiger partial charge in [-0.1, -0.05) is 26.0 Å². The molecule has 0 fully saturated rings. The van der Waals surface area contributed by atoms with Gasteiger partial charge in [-0.2, -0.15) is 0 Å². The smallest absolute Gasteiger partial charge is 0.262 e. The molecule has 0 N–H and O–H groups in total. The maximum absolute atomic E-state index is 11.2. The van der Waals surface area contributed by atoms with E-state index in [1.54, 1.807) is 0 Å². The van der Waals surface area contributed by atoms with Gasteiger partial charge in [0.05, 0.1) is 0 Å². The second kappa shape index (κ2) is 5.35. The molecule has 2 nitrogen and oxygen atoms in total. The average molecular weight is 241 g/mol. The topological polar surface area (TPSA) is 26.3 Å². The van der Waals surface area contributed by atoms with Gasteiger partial charge >= 0.3 is 0 Å². The maximum atomic E-state index is 11.2. The van der Waals surface area contributed by atoms with Crippen molar-refractivity contribution in [2.45, 2.75) is 33.8 Å². The molecule has 0 aliphatic heterocycles. The summed E-state index contributed by atoms with van der Waals surface area (Å²) in [6.07, 6.45) is -0.581.